The smallest absolute Gasteiger partial charge is 0.410 e. The van der Waals surface area contributed by atoms with Crippen molar-refractivity contribution in [3.05, 3.63) is 0 Å². The number of hydrogen-bond acceptors (Lipinski definition) is 2. The summed E-state index contributed by atoms with van der Waals surface area (Å²) in [6.07, 6.45) is 4.76. The first kappa shape index (κ1) is 6.94. The molecule has 0 bridgehead atoms. The first-order valence-corrected chi connectivity index (χ1v) is 3.19. The lowest BCUT2D eigenvalue weighted by molar-refractivity contribution is 0.136. The maximum Gasteiger partial charge on any atom is 0.410 e. The number of carbonyl (C=O) groups is 1. The lowest BCUT2D eigenvalue weighted by Crippen LogP contribution is -2.14. The Morgan fingerprint density at radius 2 is 2.70 bits per heavy atom. The van der Waals surface area contributed by atoms with Gasteiger partial charge < -0.3 is 4.74 Å². The summed E-state index contributed by atoms with van der Waals surface area (Å²) in [5, 5.41) is 0. The Labute approximate surface area is 60.0 Å². The number of rotatable bonds is 1. The number of amides is 1. The van der Waals surface area contributed by atoms with Gasteiger partial charge in [0.05, 0.1) is 13.2 Å². The van der Waals surface area contributed by atoms with Gasteiger partial charge in [0.2, 0.25) is 0 Å². The van der Waals surface area contributed by atoms with Gasteiger partial charge in [-0.15, -0.1) is 6.42 Å². The molecule has 0 spiro atoms. The summed E-state index contributed by atoms with van der Waals surface area (Å²) in [4.78, 5) is 12.3. The first-order valence-electron chi connectivity index (χ1n) is 3.19. The van der Waals surface area contributed by atoms with Crippen molar-refractivity contribution in [3.63, 3.8) is 0 Å². The third kappa shape index (κ3) is 1.21. The van der Waals surface area contributed by atoms with Gasteiger partial charge in [-0.1, -0.05) is 5.92 Å². The van der Waals surface area contributed by atoms with Crippen molar-refractivity contribution in [2.24, 2.45) is 0 Å². The van der Waals surface area contributed by atoms with E-state index in [-0.39, 0.29) is 12.1 Å². The quantitative estimate of drug-likeness (QED) is 0.390. The third-order valence-corrected chi connectivity index (χ3v) is 1.31. The Kier molecular flexibility index (Phi) is 1.81. The average Bonchev–Trinajstić information content (AvgIpc) is 2.66. The predicted molar refractivity (Wildman–Crippen MR) is 36.3 cm³/mol. The second-order valence-corrected chi connectivity index (χ2v) is 2.03. The molecule has 1 rings (SSSR count). The fourth-order valence-electron chi connectivity index (χ4n) is 0.690. The van der Waals surface area contributed by atoms with Crippen molar-refractivity contribution in [1.29, 1.82) is 0 Å². The van der Waals surface area contributed by atoms with E-state index in [0.717, 1.165) is 0 Å². The molecule has 1 aliphatic heterocycles. The highest BCUT2D eigenvalue weighted by molar-refractivity contribution is 5.71. The molecule has 1 heterocycles. The molecule has 3 nitrogen and oxygen atoms in total. The zero-order valence-electron chi connectivity index (χ0n) is 5.83. The van der Waals surface area contributed by atoms with E-state index in [1.807, 2.05) is 0 Å². The maximum absolute atomic E-state index is 10.8. The normalized spacial score (nSPS) is 21.6. The van der Waals surface area contributed by atoms with E-state index in [1.165, 1.54) is 4.90 Å². The molecule has 1 aliphatic rings. The zero-order valence-corrected chi connectivity index (χ0v) is 5.83. The number of nitrogens with zero attached hydrogens (tertiary/aromatic N) is 1. The van der Waals surface area contributed by atoms with Gasteiger partial charge in [0, 0.05) is 0 Å². The molecule has 0 saturated carbocycles. The second kappa shape index (κ2) is 2.61. The number of hydrogen-bond donors (Lipinski definition) is 0. The summed E-state index contributed by atoms with van der Waals surface area (Å²) >= 11 is 0. The van der Waals surface area contributed by atoms with Crippen LogP contribution in [0.25, 0.3) is 0 Å². The van der Waals surface area contributed by atoms with Crippen molar-refractivity contribution in [2.45, 2.75) is 13.0 Å². The molecular formula is C7H9NO2. The van der Waals surface area contributed by atoms with Crippen LogP contribution in [0.4, 0.5) is 4.79 Å². The minimum Gasteiger partial charge on any atom is -0.450 e. The Hall–Kier alpha value is -1.17. The number of carbonyl (C=O) groups excluding carboxylic acids is 1. The van der Waals surface area contributed by atoms with E-state index < -0.39 is 0 Å². The van der Waals surface area contributed by atoms with E-state index in [4.69, 9.17) is 6.42 Å². The molecule has 1 saturated heterocycles. The second-order valence-electron chi connectivity index (χ2n) is 2.03. The number of ether oxygens (including phenoxy) is 1. The molecule has 0 aromatic carbocycles. The van der Waals surface area contributed by atoms with Gasteiger partial charge in [0.25, 0.3) is 0 Å². The fraction of sp³-hybridized carbons (Fsp3) is 0.571. The lowest BCUT2D eigenvalue weighted by Gasteiger charge is -2.00. The Bertz CT molecular complexity index is 183. The van der Waals surface area contributed by atoms with Crippen LogP contribution in [0.5, 0.6) is 0 Å². The first-order chi connectivity index (χ1) is 4.79. The van der Waals surface area contributed by atoms with Crippen molar-refractivity contribution in [3.8, 4) is 12.3 Å². The van der Waals surface area contributed by atoms with Gasteiger partial charge in [0.15, 0.2) is 0 Å². The molecular weight excluding hydrogens is 130 g/mol. The molecule has 0 aromatic heterocycles. The molecule has 1 atom stereocenters. The lowest BCUT2D eigenvalue weighted by atomic mass is 10.5. The fourth-order valence-corrected chi connectivity index (χ4v) is 0.690. The van der Waals surface area contributed by atoms with Crippen LogP contribution in [-0.4, -0.2) is 30.2 Å². The van der Waals surface area contributed by atoms with E-state index in [0.29, 0.717) is 13.2 Å². The summed E-state index contributed by atoms with van der Waals surface area (Å²) in [6, 6.07) is -0.0148. The molecule has 1 unspecified atom stereocenters. The molecule has 10 heavy (non-hydrogen) atoms. The molecule has 0 aromatic rings. The van der Waals surface area contributed by atoms with E-state index in [2.05, 4.69) is 10.7 Å². The van der Waals surface area contributed by atoms with Crippen LogP contribution in [0.1, 0.15) is 6.92 Å². The number of terminal acetylenes is 1. The Morgan fingerprint density at radius 3 is 3.10 bits per heavy atom. The van der Waals surface area contributed by atoms with E-state index in [9.17, 15) is 4.79 Å². The van der Waals surface area contributed by atoms with Crippen LogP contribution in [0.15, 0.2) is 0 Å². The third-order valence-electron chi connectivity index (χ3n) is 1.31. The maximum atomic E-state index is 10.8. The molecule has 3 heteroatoms. The van der Waals surface area contributed by atoms with Crippen LogP contribution in [0.3, 0.4) is 0 Å². The van der Waals surface area contributed by atoms with Crippen LogP contribution in [0.2, 0.25) is 0 Å². The molecule has 54 valence electrons. The largest absolute Gasteiger partial charge is 0.450 e. The highest BCUT2D eigenvalue weighted by Crippen LogP contribution is 2.16. The Morgan fingerprint density at radius 1 is 2.00 bits per heavy atom. The highest BCUT2D eigenvalue weighted by atomic mass is 16.6. The van der Waals surface area contributed by atoms with Crippen molar-refractivity contribution < 1.29 is 9.53 Å². The van der Waals surface area contributed by atoms with Crippen molar-refractivity contribution >= 4 is 6.09 Å². The minimum atomic E-state index is -0.301. The minimum absolute atomic E-state index is 0.0148. The van der Waals surface area contributed by atoms with Gasteiger partial charge in [-0.2, -0.15) is 0 Å². The van der Waals surface area contributed by atoms with Crippen LogP contribution >= 0.6 is 0 Å². The molecule has 0 aliphatic carbocycles. The zero-order chi connectivity index (χ0) is 7.56. The summed E-state index contributed by atoms with van der Waals surface area (Å²) in [5.74, 6) is 2.45. The molecule has 1 fully saturated rings. The molecule has 1 amide bonds. The van der Waals surface area contributed by atoms with E-state index in [1.54, 1.807) is 6.92 Å². The summed E-state index contributed by atoms with van der Waals surface area (Å²) in [6.45, 7) is 2.83. The van der Waals surface area contributed by atoms with Gasteiger partial charge >= 0.3 is 6.09 Å². The average molecular weight is 139 g/mol. The topological polar surface area (TPSA) is 29.3 Å². The predicted octanol–water partition coefficient (Wildman–Crippen LogP) is 0.460. The summed E-state index contributed by atoms with van der Waals surface area (Å²) < 4.78 is 4.69. The van der Waals surface area contributed by atoms with Crippen LogP contribution in [-0.2, 0) is 4.74 Å². The monoisotopic (exact) mass is 139 g/mol. The SMILES string of the molecule is C#CC1CN1C(=O)OCC. The molecule has 0 radical (unpaired) electrons. The standard InChI is InChI=1S/C7H9NO2/c1-3-6-5-8(6)7(9)10-4-2/h1,6H,4-5H2,2H3. The van der Waals surface area contributed by atoms with Gasteiger partial charge in [-0.05, 0) is 6.92 Å². The van der Waals surface area contributed by atoms with Crippen molar-refractivity contribution in [2.75, 3.05) is 13.2 Å². The summed E-state index contributed by atoms with van der Waals surface area (Å²) in [5.41, 5.74) is 0. The summed E-state index contributed by atoms with van der Waals surface area (Å²) in [7, 11) is 0. The van der Waals surface area contributed by atoms with Gasteiger partial charge in [-0.3, -0.25) is 4.90 Å². The van der Waals surface area contributed by atoms with Gasteiger partial charge in [0.1, 0.15) is 6.04 Å². The molecule has 0 N–H and O–H groups in total. The Balaban J connectivity index is 2.27. The van der Waals surface area contributed by atoms with Crippen molar-refractivity contribution in [1.82, 2.24) is 4.90 Å². The van der Waals surface area contributed by atoms with Crippen LogP contribution < -0.4 is 0 Å². The highest BCUT2D eigenvalue weighted by Gasteiger charge is 2.37. The van der Waals surface area contributed by atoms with Gasteiger partial charge in [-0.25, -0.2) is 4.79 Å². The van der Waals surface area contributed by atoms with E-state index >= 15 is 0 Å². The van der Waals surface area contributed by atoms with Crippen LogP contribution in [0, 0.1) is 12.3 Å².